The van der Waals surface area contributed by atoms with Crippen molar-refractivity contribution in [3.05, 3.63) is 12.3 Å². The van der Waals surface area contributed by atoms with E-state index in [4.69, 9.17) is 0 Å². The molecule has 1 saturated heterocycles. The van der Waals surface area contributed by atoms with Crippen molar-refractivity contribution >= 4 is 12.0 Å². The van der Waals surface area contributed by atoms with Crippen molar-refractivity contribution < 1.29 is 4.79 Å². The second-order valence-corrected chi connectivity index (χ2v) is 2.40. The van der Waals surface area contributed by atoms with Crippen molar-refractivity contribution in [2.75, 3.05) is 13.6 Å². The molecule has 5 heteroatoms. The summed E-state index contributed by atoms with van der Waals surface area (Å²) in [5, 5.41) is 1.70. The van der Waals surface area contributed by atoms with Crippen LogP contribution in [0.25, 0.3) is 0 Å². The predicted octanol–water partition coefficient (Wildman–Crippen LogP) is -0.258. The number of guanidine groups is 1. The quantitative estimate of drug-likeness (QED) is 0.520. The van der Waals surface area contributed by atoms with Gasteiger partial charge in [0.1, 0.15) is 0 Å². The highest BCUT2D eigenvalue weighted by molar-refractivity contribution is 6.01. The van der Waals surface area contributed by atoms with Crippen LogP contribution in [-0.2, 0) is 0 Å². The van der Waals surface area contributed by atoms with Gasteiger partial charge in [-0.3, -0.25) is 4.90 Å². The molecule has 0 aliphatic carbocycles. The number of nitrogens with zero attached hydrogens (tertiary/aromatic N) is 3. The van der Waals surface area contributed by atoms with Crippen LogP contribution in [0.2, 0.25) is 0 Å². The summed E-state index contributed by atoms with van der Waals surface area (Å²) in [6.45, 7) is 0.689. The van der Waals surface area contributed by atoms with Crippen LogP contribution in [0.1, 0.15) is 0 Å². The topological polar surface area (TPSA) is 47.9 Å². The van der Waals surface area contributed by atoms with Crippen molar-refractivity contribution in [1.82, 2.24) is 15.3 Å². The first kappa shape index (κ1) is 6.21. The molecule has 0 atom stereocenters. The van der Waals surface area contributed by atoms with Gasteiger partial charge >= 0.3 is 6.03 Å². The Bertz CT molecular complexity index is 257. The number of hydrogen-bond acceptors (Lipinski definition) is 3. The monoisotopic (exact) mass is 152 g/mol. The normalized spacial score (nSPS) is 21.5. The summed E-state index contributed by atoms with van der Waals surface area (Å²) < 4.78 is 0. The smallest absolute Gasteiger partial charge is 0.264 e. The van der Waals surface area contributed by atoms with E-state index in [0.717, 1.165) is 0 Å². The lowest BCUT2D eigenvalue weighted by molar-refractivity contribution is 0.225. The van der Waals surface area contributed by atoms with Crippen LogP contribution in [0.5, 0.6) is 0 Å². The van der Waals surface area contributed by atoms with E-state index in [1.54, 1.807) is 18.3 Å². The summed E-state index contributed by atoms with van der Waals surface area (Å²) in [5.74, 6) is 0.664. The van der Waals surface area contributed by atoms with Crippen molar-refractivity contribution in [2.45, 2.75) is 0 Å². The number of hydrazine groups is 1. The van der Waals surface area contributed by atoms with E-state index in [9.17, 15) is 4.79 Å². The van der Waals surface area contributed by atoms with Gasteiger partial charge in [0, 0.05) is 13.2 Å². The summed E-state index contributed by atoms with van der Waals surface area (Å²) in [7, 11) is 1.69. The Balaban J connectivity index is 2.32. The molecular weight excluding hydrogens is 144 g/mol. The molecular formula is C6H8N4O. The van der Waals surface area contributed by atoms with Crippen molar-refractivity contribution in [1.29, 1.82) is 0 Å². The Morgan fingerprint density at radius 1 is 1.73 bits per heavy atom. The van der Waals surface area contributed by atoms with Gasteiger partial charge < -0.3 is 0 Å². The molecule has 0 aromatic carbocycles. The maximum atomic E-state index is 11.0. The largest absolute Gasteiger partial charge is 0.342 e. The lowest BCUT2D eigenvalue weighted by Crippen LogP contribution is -2.37. The molecule has 0 radical (unpaired) electrons. The van der Waals surface area contributed by atoms with Gasteiger partial charge in [0.25, 0.3) is 0 Å². The zero-order valence-corrected chi connectivity index (χ0v) is 6.11. The van der Waals surface area contributed by atoms with Gasteiger partial charge in [-0.15, -0.1) is 0 Å². The molecule has 2 aliphatic heterocycles. The molecule has 0 spiro atoms. The maximum absolute atomic E-state index is 11.0. The lowest BCUT2D eigenvalue weighted by Gasteiger charge is -2.17. The summed E-state index contributed by atoms with van der Waals surface area (Å²) in [6.07, 6.45) is 3.57. The number of carbonyl (C=O) groups excluding carboxylic acids is 1. The number of fused-ring (bicyclic) bond motifs is 1. The summed E-state index contributed by atoms with van der Waals surface area (Å²) in [5.41, 5.74) is 2.64. The van der Waals surface area contributed by atoms with E-state index in [0.29, 0.717) is 12.5 Å². The highest BCUT2D eigenvalue weighted by Crippen LogP contribution is 2.07. The predicted molar refractivity (Wildman–Crippen MR) is 39.6 cm³/mol. The van der Waals surface area contributed by atoms with Crippen LogP contribution < -0.4 is 5.43 Å². The minimum absolute atomic E-state index is 0.132. The van der Waals surface area contributed by atoms with E-state index in [1.165, 1.54) is 4.90 Å². The Hall–Kier alpha value is -1.52. The minimum atomic E-state index is -0.132. The van der Waals surface area contributed by atoms with Crippen molar-refractivity contribution in [3.63, 3.8) is 0 Å². The first-order valence-corrected chi connectivity index (χ1v) is 3.34. The molecule has 11 heavy (non-hydrogen) atoms. The SMILES string of the molecule is CN1C(=O)NN2CC=CN=C21. The first-order valence-electron chi connectivity index (χ1n) is 3.34. The van der Waals surface area contributed by atoms with E-state index in [-0.39, 0.29) is 6.03 Å². The molecule has 2 aliphatic rings. The lowest BCUT2D eigenvalue weighted by atomic mass is 10.5. The van der Waals surface area contributed by atoms with Gasteiger partial charge in [0.15, 0.2) is 0 Å². The Kier molecular flexibility index (Phi) is 1.12. The molecule has 2 heterocycles. The molecule has 0 unspecified atom stereocenters. The number of rotatable bonds is 0. The first-order chi connectivity index (χ1) is 5.29. The van der Waals surface area contributed by atoms with E-state index in [1.807, 2.05) is 6.08 Å². The summed E-state index contributed by atoms with van der Waals surface area (Å²) in [4.78, 5) is 16.5. The number of nitrogens with one attached hydrogen (secondary N) is 1. The Labute approximate surface area is 64.0 Å². The van der Waals surface area contributed by atoms with Crippen LogP contribution in [0.3, 0.4) is 0 Å². The summed E-state index contributed by atoms with van der Waals surface area (Å²) >= 11 is 0. The van der Waals surface area contributed by atoms with Gasteiger partial charge in [0.2, 0.25) is 5.96 Å². The molecule has 5 nitrogen and oxygen atoms in total. The average Bonchev–Trinajstić information content (AvgIpc) is 2.30. The van der Waals surface area contributed by atoms with Crippen LogP contribution in [-0.4, -0.2) is 35.5 Å². The molecule has 2 amide bonds. The number of amides is 2. The zero-order valence-electron chi connectivity index (χ0n) is 6.11. The Morgan fingerprint density at radius 3 is 3.27 bits per heavy atom. The third kappa shape index (κ3) is 0.772. The number of urea groups is 1. The second-order valence-electron chi connectivity index (χ2n) is 2.40. The highest BCUT2D eigenvalue weighted by Gasteiger charge is 2.30. The van der Waals surface area contributed by atoms with E-state index < -0.39 is 0 Å². The molecule has 0 aromatic heterocycles. The fraction of sp³-hybridized carbons (Fsp3) is 0.333. The minimum Gasteiger partial charge on any atom is -0.264 e. The van der Waals surface area contributed by atoms with E-state index in [2.05, 4.69) is 10.4 Å². The standard InChI is InChI=1S/C6H8N4O/c1-9-5-7-3-2-4-10(5)8-6(9)11/h2-3H,4H2,1H3,(H,8,11). The van der Waals surface area contributed by atoms with Crippen LogP contribution >= 0.6 is 0 Å². The van der Waals surface area contributed by atoms with E-state index >= 15 is 0 Å². The number of hydrogen-bond donors (Lipinski definition) is 1. The third-order valence-electron chi connectivity index (χ3n) is 1.66. The van der Waals surface area contributed by atoms with Gasteiger partial charge in [-0.2, -0.15) is 0 Å². The molecule has 1 N–H and O–H groups in total. The molecule has 2 rings (SSSR count). The summed E-state index contributed by atoms with van der Waals surface area (Å²) in [6, 6.07) is -0.132. The van der Waals surface area contributed by atoms with Crippen LogP contribution in [0, 0.1) is 0 Å². The number of carbonyl (C=O) groups is 1. The zero-order chi connectivity index (χ0) is 7.84. The molecule has 58 valence electrons. The molecule has 0 saturated carbocycles. The second kappa shape index (κ2) is 1.98. The van der Waals surface area contributed by atoms with Gasteiger partial charge in [-0.25, -0.2) is 20.2 Å². The van der Waals surface area contributed by atoms with Crippen molar-refractivity contribution in [2.24, 2.45) is 4.99 Å². The fourth-order valence-electron chi connectivity index (χ4n) is 1.07. The fourth-order valence-corrected chi connectivity index (χ4v) is 1.07. The molecule has 0 bridgehead atoms. The Morgan fingerprint density at radius 2 is 2.55 bits per heavy atom. The van der Waals surface area contributed by atoms with Gasteiger partial charge in [-0.05, 0) is 6.08 Å². The van der Waals surface area contributed by atoms with Crippen LogP contribution in [0.4, 0.5) is 4.79 Å². The molecule has 0 aromatic rings. The number of aliphatic imine (C=N–C) groups is 1. The average molecular weight is 152 g/mol. The maximum Gasteiger partial charge on any atom is 0.342 e. The third-order valence-corrected chi connectivity index (χ3v) is 1.66. The van der Waals surface area contributed by atoms with Gasteiger partial charge in [-0.1, -0.05) is 0 Å². The highest BCUT2D eigenvalue weighted by atomic mass is 16.2. The van der Waals surface area contributed by atoms with Gasteiger partial charge in [0.05, 0.1) is 6.54 Å². The van der Waals surface area contributed by atoms with Crippen molar-refractivity contribution in [3.8, 4) is 0 Å². The van der Waals surface area contributed by atoms with Crippen LogP contribution in [0.15, 0.2) is 17.3 Å². The molecule has 1 fully saturated rings.